The van der Waals surface area contributed by atoms with E-state index in [1.807, 2.05) is 13.0 Å². The number of primary amides is 1. The molecule has 23 heavy (non-hydrogen) atoms. The maximum Gasteiger partial charge on any atom is 0.258 e. The molecule has 6 heteroatoms. The first-order chi connectivity index (χ1) is 11.0. The standard InChI is InChI=1S/C17H20N2O3S/c1-3-12-5-6-13(23-12)9-19-16(20)10-22-15-8-11(2)4-7-14(15)17(18)21/h4-8H,3,9-10H2,1-2H3,(H2,18,21)(H,19,20). The molecule has 1 aromatic carbocycles. The van der Waals surface area contributed by atoms with Crippen LogP contribution in [0.5, 0.6) is 5.75 Å². The van der Waals surface area contributed by atoms with Crippen LogP contribution in [0.2, 0.25) is 0 Å². The predicted molar refractivity (Wildman–Crippen MR) is 90.7 cm³/mol. The van der Waals surface area contributed by atoms with Crippen molar-refractivity contribution < 1.29 is 14.3 Å². The van der Waals surface area contributed by atoms with Gasteiger partial charge in [0.25, 0.3) is 11.8 Å². The van der Waals surface area contributed by atoms with Gasteiger partial charge in [0.2, 0.25) is 0 Å². The van der Waals surface area contributed by atoms with Gasteiger partial charge >= 0.3 is 0 Å². The van der Waals surface area contributed by atoms with Gasteiger partial charge in [0, 0.05) is 9.75 Å². The van der Waals surface area contributed by atoms with Crippen molar-refractivity contribution in [3.8, 4) is 5.75 Å². The van der Waals surface area contributed by atoms with E-state index in [4.69, 9.17) is 10.5 Å². The van der Waals surface area contributed by atoms with Crippen molar-refractivity contribution in [2.24, 2.45) is 5.73 Å². The molecule has 2 rings (SSSR count). The number of aryl methyl sites for hydroxylation is 2. The van der Waals surface area contributed by atoms with E-state index >= 15 is 0 Å². The Morgan fingerprint density at radius 1 is 1.22 bits per heavy atom. The van der Waals surface area contributed by atoms with Crippen LogP contribution in [0.15, 0.2) is 30.3 Å². The van der Waals surface area contributed by atoms with E-state index in [2.05, 4.69) is 18.3 Å². The molecule has 1 aromatic heterocycles. The number of nitrogens with two attached hydrogens (primary N) is 1. The van der Waals surface area contributed by atoms with Gasteiger partial charge in [-0.15, -0.1) is 11.3 Å². The first kappa shape index (κ1) is 17.0. The molecular formula is C17H20N2O3S. The fourth-order valence-electron chi connectivity index (χ4n) is 2.04. The summed E-state index contributed by atoms with van der Waals surface area (Å²) in [5.74, 6) is -0.489. The average molecular weight is 332 g/mol. The Labute approximate surface area is 139 Å². The van der Waals surface area contributed by atoms with E-state index in [0.29, 0.717) is 12.3 Å². The second kappa shape index (κ2) is 7.78. The van der Waals surface area contributed by atoms with Crippen LogP contribution in [0.3, 0.4) is 0 Å². The summed E-state index contributed by atoms with van der Waals surface area (Å²) in [4.78, 5) is 25.6. The molecule has 1 heterocycles. The number of carbonyl (C=O) groups is 2. The van der Waals surface area contributed by atoms with Crippen molar-refractivity contribution in [3.63, 3.8) is 0 Å². The fraction of sp³-hybridized carbons (Fsp3) is 0.294. The van der Waals surface area contributed by atoms with E-state index < -0.39 is 5.91 Å². The van der Waals surface area contributed by atoms with Crippen molar-refractivity contribution in [2.45, 2.75) is 26.8 Å². The normalized spacial score (nSPS) is 10.3. The highest BCUT2D eigenvalue weighted by Crippen LogP contribution is 2.20. The highest BCUT2D eigenvalue weighted by atomic mass is 32.1. The van der Waals surface area contributed by atoms with Crippen LogP contribution in [0.1, 0.15) is 32.6 Å². The molecule has 2 aromatic rings. The van der Waals surface area contributed by atoms with Crippen LogP contribution < -0.4 is 15.8 Å². The second-order valence-corrected chi connectivity index (χ2v) is 6.40. The number of nitrogens with one attached hydrogen (secondary N) is 1. The van der Waals surface area contributed by atoms with Crippen LogP contribution in [-0.2, 0) is 17.8 Å². The van der Waals surface area contributed by atoms with E-state index in [0.717, 1.165) is 16.9 Å². The Balaban J connectivity index is 1.89. The lowest BCUT2D eigenvalue weighted by Crippen LogP contribution is -2.28. The lowest BCUT2D eigenvalue weighted by Gasteiger charge is -2.10. The quantitative estimate of drug-likeness (QED) is 0.817. The summed E-state index contributed by atoms with van der Waals surface area (Å²) in [6, 6.07) is 9.14. The zero-order valence-electron chi connectivity index (χ0n) is 13.2. The Bertz CT molecular complexity index is 710. The average Bonchev–Trinajstić information content (AvgIpc) is 2.98. The first-order valence-electron chi connectivity index (χ1n) is 7.37. The number of amides is 2. The Hall–Kier alpha value is -2.34. The molecule has 0 saturated heterocycles. The molecule has 122 valence electrons. The van der Waals surface area contributed by atoms with Crippen molar-refractivity contribution in [3.05, 3.63) is 51.2 Å². The molecule has 0 spiro atoms. The fourth-order valence-corrected chi connectivity index (χ4v) is 2.94. The Morgan fingerprint density at radius 2 is 1.96 bits per heavy atom. The molecule has 0 radical (unpaired) electrons. The van der Waals surface area contributed by atoms with Gasteiger partial charge in [0.15, 0.2) is 6.61 Å². The molecule has 0 unspecified atom stereocenters. The van der Waals surface area contributed by atoms with Crippen LogP contribution in [0.25, 0.3) is 0 Å². The van der Waals surface area contributed by atoms with E-state index in [9.17, 15) is 9.59 Å². The minimum atomic E-state index is -0.578. The topological polar surface area (TPSA) is 81.4 Å². The Kier molecular flexibility index (Phi) is 5.76. The molecule has 0 aliphatic carbocycles. The molecule has 0 aliphatic heterocycles. The number of ether oxygens (including phenoxy) is 1. The molecule has 0 atom stereocenters. The van der Waals surface area contributed by atoms with Gasteiger partial charge in [-0.2, -0.15) is 0 Å². The van der Waals surface area contributed by atoms with Gasteiger partial charge in [0.1, 0.15) is 5.75 Å². The van der Waals surface area contributed by atoms with Crippen LogP contribution >= 0.6 is 11.3 Å². The third-order valence-electron chi connectivity index (χ3n) is 3.29. The SMILES string of the molecule is CCc1ccc(CNC(=O)COc2cc(C)ccc2C(N)=O)s1. The van der Waals surface area contributed by atoms with Crippen molar-refractivity contribution in [1.82, 2.24) is 5.32 Å². The van der Waals surface area contributed by atoms with Crippen LogP contribution in [-0.4, -0.2) is 18.4 Å². The van der Waals surface area contributed by atoms with Crippen molar-refractivity contribution >= 4 is 23.2 Å². The second-order valence-electron chi connectivity index (χ2n) is 5.15. The Morgan fingerprint density at radius 3 is 2.61 bits per heavy atom. The summed E-state index contributed by atoms with van der Waals surface area (Å²) in [7, 11) is 0. The van der Waals surface area contributed by atoms with Gasteiger partial charge < -0.3 is 15.8 Å². The molecule has 0 saturated carbocycles. The van der Waals surface area contributed by atoms with Crippen molar-refractivity contribution in [1.29, 1.82) is 0 Å². The highest BCUT2D eigenvalue weighted by Gasteiger charge is 2.11. The van der Waals surface area contributed by atoms with Crippen LogP contribution in [0.4, 0.5) is 0 Å². The zero-order valence-corrected chi connectivity index (χ0v) is 14.0. The minimum Gasteiger partial charge on any atom is -0.483 e. The van der Waals surface area contributed by atoms with Gasteiger partial charge in [0.05, 0.1) is 12.1 Å². The maximum absolute atomic E-state index is 11.9. The molecule has 0 bridgehead atoms. The van der Waals surface area contributed by atoms with Crippen molar-refractivity contribution in [2.75, 3.05) is 6.61 Å². The minimum absolute atomic E-state index is 0.157. The summed E-state index contributed by atoms with van der Waals surface area (Å²) in [5, 5.41) is 2.80. The van der Waals surface area contributed by atoms with Gasteiger partial charge in [-0.1, -0.05) is 13.0 Å². The molecular weight excluding hydrogens is 312 g/mol. The van der Waals surface area contributed by atoms with Gasteiger partial charge in [-0.25, -0.2) is 0 Å². The summed E-state index contributed by atoms with van der Waals surface area (Å²) in [5.41, 5.74) is 6.50. The molecule has 0 aliphatic rings. The lowest BCUT2D eigenvalue weighted by atomic mass is 10.1. The third kappa shape index (κ3) is 4.82. The zero-order chi connectivity index (χ0) is 16.8. The summed E-state index contributed by atoms with van der Waals surface area (Å²) in [6.45, 7) is 4.29. The first-order valence-corrected chi connectivity index (χ1v) is 8.18. The largest absolute Gasteiger partial charge is 0.483 e. The maximum atomic E-state index is 11.9. The number of benzene rings is 1. The summed E-state index contributed by atoms with van der Waals surface area (Å²) >= 11 is 1.68. The third-order valence-corrected chi connectivity index (χ3v) is 4.52. The summed E-state index contributed by atoms with van der Waals surface area (Å²) < 4.78 is 5.45. The highest BCUT2D eigenvalue weighted by molar-refractivity contribution is 7.11. The lowest BCUT2D eigenvalue weighted by molar-refractivity contribution is -0.123. The number of hydrogen-bond acceptors (Lipinski definition) is 4. The predicted octanol–water partition coefficient (Wildman–Crippen LogP) is 2.41. The van der Waals surface area contributed by atoms with Crippen LogP contribution in [0, 0.1) is 6.92 Å². The molecule has 2 amide bonds. The van der Waals surface area contributed by atoms with E-state index in [-0.39, 0.29) is 18.1 Å². The molecule has 3 N–H and O–H groups in total. The number of hydrogen-bond donors (Lipinski definition) is 2. The smallest absolute Gasteiger partial charge is 0.258 e. The summed E-state index contributed by atoms with van der Waals surface area (Å²) in [6.07, 6.45) is 0.991. The van der Waals surface area contributed by atoms with E-state index in [1.54, 1.807) is 29.5 Å². The van der Waals surface area contributed by atoms with Gasteiger partial charge in [-0.3, -0.25) is 9.59 Å². The number of carbonyl (C=O) groups excluding carboxylic acids is 2. The van der Waals surface area contributed by atoms with Gasteiger partial charge in [-0.05, 0) is 43.2 Å². The number of rotatable bonds is 7. The molecule has 5 nitrogen and oxygen atoms in total. The monoisotopic (exact) mass is 332 g/mol. The van der Waals surface area contributed by atoms with E-state index in [1.165, 1.54) is 4.88 Å². The molecule has 0 fully saturated rings. The number of thiophene rings is 1.